The molecule has 0 radical (unpaired) electrons. The molecule has 1 aliphatic carbocycles. The van der Waals surface area contributed by atoms with Gasteiger partial charge in [-0.1, -0.05) is 0 Å². The number of rotatable bonds is 6. The van der Waals surface area contributed by atoms with Gasteiger partial charge in [0.15, 0.2) is 6.10 Å². The van der Waals surface area contributed by atoms with Gasteiger partial charge >= 0.3 is 5.97 Å². The second kappa shape index (κ2) is 5.90. The van der Waals surface area contributed by atoms with Gasteiger partial charge in [0.05, 0.1) is 6.20 Å². The Bertz CT molecular complexity index is 487. The molecule has 1 saturated carbocycles. The van der Waals surface area contributed by atoms with E-state index < -0.39 is 18.1 Å². The zero-order chi connectivity index (χ0) is 14.7. The highest BCUT2D eigenvalue weighted by Crippen LogP contribution is 2.29. The smallest absolute Gasteiger partial charge is 0.326 e. The fourth-order valence-corrected chi connectivity index (χ4v) is 2.04. The number of carboxylic acids is 1. The fraction of sp³-hybridized carbons (Fsp3) is 0.500. The Morgan fingerprint density at radius 3 is 2.65 bits per heavy atom. The first-order valence-corrected chi connectivity index (χ1v) is 6.62. The molecule has 2 unspecified atom stereocenters. The molecule has 6 heteroatoms. The molecular formula is C14H18N2O4. The highest BCUT2D eigenvalue weighted by atomic mass is 16.5. The molecule has 1 aliphatic rings. The topological polar surface area (TPSA) is 79.7 Å². The molecule has 1 fully saturated rings. The number of carbonyl (C=O) groups excluding carboxylic acids is 1. The maximum absolute atomic E-state index is 12.4. The molecule has 0 saturated heterocycles. The van der Waals surface area contributed by atoms with E-state index in [1.807, 2.05) is 0 Å². The zero-order valence-electron chi connectivity index (χ0n) is 11.5. The van der Waals surface area contributed by atoms with Crippen molar-refractivity contribution >= 4 is 11.9 Å². The van der Waals surface area contributed by atoms with E-state index >= 15 is 0 Å². The van der Waals surface area contributed by atoms with Gasteiger partial charge in [0.2, 0.25) is 0 Å². The fourth-order valence-electron chi connectivity index (χ4n) is 2.04. The van der Waals surface area contributed by atoms with Crippen LogP contribution in [0.3, 0.4) is 0 Å². The van der Waals surface area contributed by atoms with Crippen LogP contribution in [0.15, 0.2) is 24.5 Å². The second-order valence-electron chi connectivity index (χ2n) is 4.94. The summed E-state index contributed by atoms with van der Waals surface area (Å²) in [4.78, 5) is 28.8. The molecule has 1 amide bonds. The highest BCUT2D eigenvalue weighted by Gasteiger charge is 2.40. The van der Waals surface area contributed by atoms with Crippen LogP contribution in [0.1, 0.15) is 26.7 Å². The lowest BCUT2D eigenvalue weighted by Crippen LogP contribution is -2.49. The van der Waals surface area contributed by atoms with E-state index in [2.05, 4.69) is 4.98 Å². The summed E-state index contributed by atoms with van der Waals surface area (Å²) >= 11 is 0. The van der Waals surface area contributed by atoms with Crippen LogP contribution in [-0.2, 0) is 9.59 Å². The van der Waals surface area contributed by atoms with Crippen molar-refractivity contribution in [3.05, 3.63) is 24.5 Å². The number of amides is 1. The molecule has 1 N–H and O–H groups in total. The van der Waals surface area contributed by atoms with Gasteiger partial charge in [-0.15, -0.1) is 0 Å². The SMILES string of the molecule is CC(Oc1cccnc1)C(=O)N(C1CC1)C(C)C(=O)O. The van der Waals surface area contributed by atoms with Crippen molar-refractivity contribution in [2.75, 3.05) is 0 Å². The van der Waals surface area contributed by atoms with Crippen LogP contribution in [0.5, 0.6) is 5.75 Å². The number of aromatic nitrogens is 1. The van der Waals surface area contributed by atoms with E-state index in [9.17, 15) is 9.59 Å². The largest absolute Gasteiger partial charge is 0.480 e. The van der Waals surface area contributed by atoms with E-state index in [1.165, 1.54) is 18.0 Å². The monoisotopic (exact) mass is 278 g/mol. The summed E-state index contributed by atoms with van der Waals surface area (Å²) in [5.74, 6) is -0.808. The Hall–Kier alpha value is -2.11. The molecule has 1 heterocycles. The van der Waals surface area contributed by atoms with Crippen molar-refractivity contribution in [2.24, 2.45) is 0 Å². The van der Waals surface area contributed by atoms with E-state index in [1.54, 1.807) is 25.3 Å². The summed E-state index contributed by atoms with van der Waals surface area (Å²) in [6.45, 7) is 3.15. The Labute approximate surface area is 117 Å². The lowest BCUT2D eigenvalue weighted by molar-refractivity contribution is -0.153. The standard InChI is InChI=1S/C14H18N2O4/c1-9(14(18)19)16(11-5-6-11)13(17)10(2)20-12-4-3-7-15-8-12/h3-4,7-11H,5-6H2,1-2H3,(H,18,19). The highest BCUT2D eigenvalue weighted by molar-refractivity contribution is 5.86. The van der Waals surface area contributed by atoms with Gasteiger partial charge in [-0.3, -0.25) is 9.78 Å². The van der Waals surface area contributed by atoms with Crippen molar-refractivity contribution in [3.63, 3.8) is 0 Å². The van der Waals surface area contributed by atoms with Crippen molar-refractivity contribution in [1.29, 1.82) is 0 Å². The lowest BCUT2D eigenvalue weighted by Gasteiger charge is -2.29. The van der Waals surface area contributed by atoms with Crippen molar-refractivity contribution < 1.29 is 19.4 Å². The minimum atomic E-state index is -1.00. The van der Waals surface area contributed by atoms with Crippen LogP contribution >= 0.6 is 0 Å². The van der Waals surface area contributed by atoms with Crippen LogP contribution in [0, 0.1) is 0 Å². The third kappa shape index (κ3) is 3.26. The third-order valence-corrected chi connectivity index (χ3v) is 3.26. The van der Waals surface area contributed by atoms with Gasteiger partial charge in [-0.05, 0) is 38.8 Å². The Balaban J connectivity index is 2.05. The van der Waals surface area contributed by atoms with E-state index in [0.717, 1.165) is 12.8 Å². The molecule has 0 spiro atoms. The minimum Gasteiger partial charge on any atom is -0.480 e. The predicted octanol–water partition coefficient (Wildman–Crippen LogP) is 1.31. The average molecular weight is 278 g/mol. The van der Waals surface area contributed by atoms with Crippen LogP contribution in [-0.4, -0.2) is 45.1 Å². The zero-order valence-corrected chi connectivity index (χ0v) is 11.5. The van der Waals surface area contributed by atoms with E-state index in [4.69, 9.17) is 9.84 Å². The van der Waals surface area contributed by atoms with Gasteiger partial charge < -0.3 is 14.7 Å². The molecule has 1 aromatic rings. The summed E-state index contributed by atoms with van der Waals surface area (Å²) in [7, 11) is 0. The number of nitrogens with zero attached hydrogens (tertiary/aromatic N) is 2. The lowest BCUT2D eigenvalue weighted by atomic mass is 10.2. The quantitative estimate of drug-likeness (QED) is 0.848. The number of aliphatic carboxylic acids is 1. The molecule has 0 aliphatic heterocycles. The summed E-state index contributed by atoms with van der Waals surface area (Å²) in [5.41, 5.74) is 0. The molecular weight excluding hydrogens is 260 g/mol. The predicted molar refractivity (Wildman–Crippen MR) is 71.3 cm³/mol. The first-order chi connectivity index (χ1) is 9.50. The first-order valence-electron chi connectivity index (χ1n) is 6.62. The molecule has 1 aromatic heterocycles. The molecule has 2 rings (SSSR count). The molecule has 6 nitrogen and oxygen atoms in total. The Kier molecular flexibility index (Phi) is 4.22. The Morgan fingerprint density at radius 2 is 2.15 bits per heavy atom. The normalized spacial score (nSPS) is 17.1. The number of carboxylic acid groups (broad SMARTS) is 1. The maximum Gasteiger partial charge on any atom is 0.326 e. The molecule has 20 heavy (non-hydrogen) atoms. The van der Waals surface area contributed by atoms with Gasteiger partial charge in [0, 0.05) is 12.2 Å². The average Bonchev–Trinajstić information content (AvgIpc) is 3.24. The first kappa shape index (κ1) is 14.3. The van der Waals surface area contributed by atoms with Crippen molar-refractivity contribution in [2.45, 2.75) is 44.9 Å². The van der Waals surface area contributed by atoms with Gasteiger partial charge in [-0.25, -0.2) is 4.79 Å². The summed E-state index contributed by atoms with van der Waals surface area (Å²) in [6, 6.07) is 2.60. The summed E-state index contributed by atoms with van der Waals surface area (Å²) < 4.78 is 5.52. The third-order valence-electron chi connectivity index (χ3n) is 3.26. The number of hydrogen-bond acceptors (Lipinski definition) is 4. The Morgan fingerprint density at radius 1 is 1.45 bits per heavy atom. The van der Waals surface area contributed by atoms with Crippen molar-refractivity contribution in [1.82, 2.24) is 9.88 Å². The van der Waals surface area contributed by atoms with E-state index in [-0.39, 0.29) is 11.9 Å². The number of ether oxygens (including phenoxy) is 1. The molecule has 0 aromatic carbocycles. The number of hydrogen-bond donors (Lipinski definition) is 1. The van der Waals surface area contributed by atoms with Gasteiger partial charge in [-0.2, -0.15) is 0 Å². The molecule has 2 atom stereocenters. The second-order valence-corrected chi connectivity index (χ2v) is 4.94. The molecule has 108 valence electrons. The molecule has 0 bridgehead atoms. The van der Waals surface area contributed by atoms with Crippen molar-refractivity contribution in [3.8, 4) is 5.75 Å². The van der Waals surface area contributed by atoms with Crippen LogP contribution in [0.2, 0.25) is 0 Å². The van der Waals surface area contributed by atoms with Crippen LogP contribution in [0.4, 0.5) is 0 Å². The maximum atomic E-state index is 12.4. The number of carbonyl (C=O) groups is 2. The van der Waals surface area contributed by atoms with Gasteiger partial charge in [0.1, 0.15) is 11.8 Å². The summed E-state index contributed by atoms with van der Waals surface area (Å²) in [6.07, 6.45) is 4.10. The van der Waals surface area contributed by atoms with E-state index in [0.29, 0.717) is 5.75 Å². The van der Waals surface area contributed by atoms with Gasteiger partial charge in [0.25, 0.3) is 5.91 Å². The van der Waals surface area contributed by atoms with Crippen LogP contribution in [0.25, 0.3) is 0 Å². The minimum absolute atomic E-state index is 0.0218. The summed E-state index contributed by atoms with van der Waals surface area (Å²) in [5, 5.41) is 9.10. The van der Waals surface area contributed by atoms with Crippen LogP contribution < -0.4 is 4.74 Å². The number of pyridine rings is 1.